The number of carbonyl (C=O) groups excluding carboxylic acids is 1. The van der Waals surface area contributed by atoms with E-state index < -0.39 is 11.0 Å². The van der Waals surface area contributed by atoms with Crippen molar-refractivity contribution in [1.29, 1.82) is 0 Å². The largest absolute Gasteiger partial charge is 0.320 e. The van der Waals surface area contributed by atoms with Crippen LogP contribution in [0, 0.1) is 16.0 Å². The molecule has 1 amide bonds. The van der Waals surface area contributed by atoms with Crippen LogP contribution in [0.4, 0.5) is 11.4 Å². The average molecular weight is 265 g/mol. The van der Waals surface area contributed by atoms with E-state index in [1.807, 2.05) is 13.8 Å². The first-order valence-electron chi connectivity index (χ1n) is 6.16. The highest BCUT2D eigenvalue weighted by Crippen LogP contribution is 2.20. The van der Waals surface area contributed by atoms with Crippen molar-refractivity contribution >= 4 is 17.3 Å². The smallest absolute Gasteiger partial charge is 0.269 e. The molecule has 19 heavy (non-hydrogen) atoms. The van der Waals surface area contributed by atoms with Gasteiger partial charge in [0, 0.05) is 24.9 Å². The Kier molecular flexibility index (Phi) is 5.00. The molecule has 1 unspecified atom stereocenters. The predicted molar refractivity (Wildman–Crippen MR) is 73.9 cm³/mol. The van der Waals surface area contributed by atoms with Crippen molar-refractivity contribution in [3.63, 3.8) is 0 Å². The molecule has 6 heteroatoms. The SMILES string of the molecule is CCC(C)[C@H](N)C(=O)N(C)c1ccc([N+](=O)[O-])cc1. The highest BCUT2D eigenvalue weighted by Gasteiger charge is 2.23. The molecule has 0 heterocycles. The summed E-state index contributed by atoms with van der Waals surface area (Å²) in [6.45, 7) is 3.90. The maximum Gasteiger partial charge on any atom is 0.269 e. The van der Waals surface area contributed by atoms with Gasteiger partial charge in [-0.15, -0.1) is 0 Å². The second kappa shape index (κ2) is 6.29. The Morgan fingerprint density at radius 3 is 2.37 bits per heavy atom. The fraction of sp³-hybridized carbons (Fsp3) is 0.462. The number of hydrogen-bond donors (Lipinski definition) is 1. The molecule has 0 aliphatic rings. The third-order valence-electron chi connectivity index (χ3n) is 3.32. The van der Waals surface area contributed by atoms with Crippen molar-refractivity contribution in [3.8, 4) is 0 Å². The van der Waals surface area contributed by atoms with Crippen molar-refractivity contribution in [1.82, 2.24) is 0 Å². The molecule has 0 bridgehead atoms. The van der Waals surface area contributed by atoms with Crippen molar-refractivity contribution in [2.75, 3.05) is 11.9 Å². The number of likely N-dealkylation sites (N-methyl/N-ethyl adjacent to an activating group) is 1. The lowest BCUT2D eigenvalue weighted by Gasteiger charge is -2.24. The third-order valence-corrected chi connectivity index (χ3v) is 3.32. The van der Waals surface area contributed by atoms with Crippen molar-refractivity contribution in [2.45, 2.75) is 26.3 Å². The number of nitro groups is 1. The van der Waals surface area contributed by atoms with Crippen LogP contribution in [0.1, 0.15) is 20.3 Å². The van der Waals surface area contributed by atoms with Gasteiger partial charge in [-0.2, -0.15) is 0 Å². The van der Waals surface area contributed by atoms with E-state index in [1.54, 1.807) is 19.2 Å². The summed E-state index contributed by atoms with van der Waals surface area (Å²) in [5, 5.41) is 10.6. The minimum Gasteiger partial charge on any atom is -0.320 e. The summed E-state index contributed by atoms with van der Waals surface area (Å²) < 4.78 is 0. The van der Waals surface area contributed by atoms with E-state index in [0.717, 1.165) is 6.42 Å². The molecular weight excluding hydrogens is 246 g/mol. The van der Waals surface area contributed by atoms with Gasteiger partial charge in [-0.3, -0.25) is 14.9 Å². The lowest BCUT2D eigenvalue weighted by atomic mass is 9.99. The molecule has 0 saturated heterocycles. The zero-order valence-electron chi connectivity index (χ0n) is 11.4. The Balaban J connectivity index is 2.85. The van der Waals surface area contributed by atoms with E-state index in [-0.39, 0.29) is 17.5 Å². The summed E-state index contributed by atoms with van der Waals surface area (Å²) >= 11 is 0. The Labute approximate surface area is 112 Å². The Morgan fingerprint density at radius 2 is 1.95 bits per heavy atom. The van der Waals surface area contributed by atoms with Crippen molar-refractivity contribution in [2.24, 2.45) is 11.7 Å². The minimum absolute atomic E-state index is 0.00387. The highest BCUT2D eigenvalue weighted by molar-refractivity contribution is 5.96. The number of amides is 1. The normalized spacial score (nSPS) is 13.7. The van der Waals surface area contributed by atoms with Gasteiger partial charge in [-0.25, -0.2) is 0 Å². The van der Waals surface area contributed by atoms with Gasteiger partial charge in [0.1, 0.15) is 0 Å². The number of nitro benzene ring substituents is 1. The molecule has 2 atom stereocenters. The van der Waals surface area contributed by atoms with Gasteiger partial charge < -0.3 is 10.6 Å². The second-order valence-electron chi connectivity index (χ2n) is 4.58. The molecule has 1 rings (SSSR count). The molecule has 2 N–H and O–H groups in total. The number of benzene rings is 1. The zero-order valence-corrected chi connectivity index (χ0v) is 11.4. The lowest BCUT2D eigenvalue weighted by molar-refractivity contribution is -0.384. The van der Waals surface area contributed by atoms with Gasteiger partial charge in [-0.05, 0) is 18.1 Å². The van der Waals surface area contributed by atoms with Gasteiger partial charge in [0.05, 0.1) is 11.0 Å². The summed E-state index contributed by atoms with van der Waals surface area (Å²) in [4.78, 5) is 23.6. The van der Waals surface area contributed by atoms with Crippen LogP contribution in [-0.4, -0.2) is 23.9 Å². The Bertz CT molecular complexity index is 459. The minimum atomic E-state index is -0.565. The highest BCUT2D eigenvalue weighted by atomic mass is 16.6. The summed E-state index contributed by atoms with van der Waals surface area (Å²) in [5.41, 5.74) is 6.48. The molecule has 6 nitrogen and oxygen atoms in total. The van der Waals surface area contributed by atoms with Crippen LogP contribution in [-0.2, 0) is 4.79 Å². The molecule has 0 aliphatic heterocycles. The molecule has 1 aromatic carbocycles. The first-order valence-corrected chi connectivity index (χ1v) is 6.16. The lowest BCUT2D eigenvalue weighted by Crippen LogP contribution is -2.45. The number of hydrogen-bond acceptors (Lipinski definition) is 4. The molecule has 104 valence electrons. The van der Waals surface area contributed by atoms with Crippen LogP contribution >= 0.6 is 0 Å². The quantitative estimate of drug-likeness (QED) is 0.650. The van der Waals surface area contributed by atoms with Crippen LogP contribution in [0.5, 0.6) is 0 Å². The van der Waals surface area contributed by atoms with E-state index in [2.05, 4.69) is 0 Å². The van der Waals surface area contributed by atoms with Crippen LogP contribution in [0.3, 0.4) is 0 Å². The molecular formula is C13H19N3O3. The number of rotatable bonds is 5. The number of non-ortho nitro benzene ring substituents is 1. The monoisotopic (exact) mass is 265 g/mol. The van der Waals surface area contributed by atoms with E-state index in [4.69, 9.17) is 5.73 Å². The molecule has 0 aliphatic carbocycles. The number of nitrogens with zero attached hydrogens (tertiary/aromatic N) is 2. The van der Waals surface area contributed by atoms with Gasteiger partial charge in [-0.1, -0.05) is 20.3 Å². The predicted octanol–water partition coefficient (Wildman–Crippen LogP) is 1.93. The van der Waals surface area contributed by atoms with Gasteiger partial charge >= 0.3 is 0 Å². The zero-order chi connectivity index (χ0) is 14.6. The number of nitrogens with two attached hydrogens (primary N) is 1. The molecule has 0 aromatic heterocycles. The van der Waals surface area contributed by atoms with E-state index >= 15 is 0 Å². The molecule has 0 spiro atoms. The molecule has 1 aromatic rings. The first kappa shape index (κ1) is 15.1. The van der Waals surface area contributed by atoms with Gasteiger partial charge in [0.15, 0.2) is 0 Å². The summed E-state index contributed by atoms with van der Waals surface area (Å²) in [6.07, 6.45) is 0.820. The van der Waals surface area contributed by atoms with Crippen LogP contribution < -0.4 is 10.6 Å². The van der Waals surface area contributed by atoms with E-state index in [0.29, 0.717) is 5.69 Å². The Hall–Kier alpha value is -1.95. The fourth-order valence-electron chi connectivity index (χ4n) is 1.65. The summed E-state index contributed by atoms with van der Waals surface area (Å²) in [6, 6.07) is 5.26. The maximum atomic E-state index is 12.1. The summed E-state index contributed by atoms with van der Waals surface area (Å²) in [7, 11) is 1.62. The standard InChI is InChI=1S/C13H19N3O3/c1-4-9(2)12(14)13(17)15(3)10-5-7-11(8-6-10)16(18)19/h5-9,12H,4,14H2,1-3H3/t9?,12-/m0/s1. The average Bonchev–Trinajstić information content (AvgIpc) is 2.44. The molecule has 0 saturated carbocycles. The number of anilines is 1. The van der Waals surface area contributed by atoms with Crippen LogP contribution in [0.2, 0.25) is 0 Å². The van der Waals surface area contributed by atoms with E-state index in [9.17, 15) is 14.9 Å². The molecule has 0 fully saturated rings. The second-order valence-corrected chi connectivity index (χ2v) is 4.58. The molecule has 0 radical (unpaired) electrons. The first-order chi connectivity index (χ1) is 8.88. The topological polar surface area (TPSA) is 89.5 Å². The van der Waals surface area contributed by atoms with Gasteiger partial charge in [0.2, 0.25) is 5.91 Å². The third kappa shape index (κ3) is 3.51. The van der Waals surface area contributed by atoms with E-state index in [1.165, 1.54) is 17.0 Å². The summed E-state index contributed by atoms with van der Waals surface area (Å²) in [5.74, 6) is -0.101. The van der Waals surface area contributed by atoms with Crippen molar-refractivity contribution in [3.05, 3.63) is 34.4 Å². The maximum absolute atomic E-state index is 12.1. The van der Waals surface area contributed by atoms with Crippen LogP contribution in [0.15, 0.2) is 24.3 Å². The fourth-order valence-corrected chi connectivity index (χ4v) is 1.65. The Morgan fingerprint density at radius 1 is 1.42 bits per heavy atom. The van der Waals surface area contributed by atoms with Gasteiger partial charge in [0.25, 0.3) is 5.69 Å². The van der Waals surface area contributed by atoms with Crippen molar-refractivity contribution < 1.29 is 9.72 Å². The number of carbonyl (C=O) groups is 1. The van der Waals surface area contributed by atoms with Crippen LogP contribution in [0.25, 0.3) is 0 Å².